The lowest BCUT2D eigenvalue weighted by molar-refractivity contribution is -0.118. The normalized spacial score (nSPS) is 12.0. The molecule has 0 bridgehead atoms. The second-order valence-electron chi connectivity index (χ2n) is 4.49. The van der Waals surface area contributed by atoms with Gasteiger partial charge in [0.15, 0.2) is 4.80 Å². The number of amides is 1. The van der Waals surface area contributed by atoms with E-state index in [0.29, 0.717) is 11.3 Å². The lowest BCUT2D eigenvalue weighted by atomic mass is 10.3. The Kier molecular flexibility index (Phi) is 3.92. The number of fused-ring (bicyclic) bond motifs is 1. The molecular formula is C14H12FN5OS. The molecule has 1 aromatic carbocycles. The molecule has 2 aromatic heterocycles. The van der Waals surface area contributed by atoms with Crippen LogP contribution in [0.4, 0.5) is 4.39 Å². The smallest absolute Gasteiger partial charge is 0.270 e. The van der Waals surface area contributed by atoms with Crippen molar-refractivity contribution in [1.29, 1.82) is 0 Å². The van der Waals surface area contributed by atoms with E-state index in [1.54, 1.807) is 12.1 Å². The number of nitrogens with zero attached hydrogens (tertiary/aromatic N) is 5. The van der Waals surface area contributed by atoms with Crippen LogP contribution < -0.4 is 4.80 Å². The summed E-state index contributed by atoms with van der Waals surface area (Å²) in [5.41, 5.74) is 0.818. The summed E-state index contributed by atoms with van der Waals surface area (Å²) < 4.78 is 17.3. The third kappa shape index (κ3) is 2.86. The maximum Gasteiger partial charge on any atom is 0.270 e. The largest absolute Gasteiger partial charge is 0.313 e. The van der Waals surface area contributed by atoms with E-state index in [1.807, 2.05) is 4.57 Å². The molecule has 2 heterocycles. The number of carbonyl (C=O) groups excluding carboxylic acids is 1. The van der Waals surface area contributed by atoms with Crippen LogP contribution in [-0.4, -0.2) is 25.2 Å². The first-order valence-corrected chi connectivity index (χ1v) is 7.29. The van der Waals surface area contributed by atoms with Crippen molar-refractivity contribution in [3.63, 3.8) is 0 Å². The lowest BCUT2D eigenvalue weighted by Gasteiger charge is -2.00. The molecule has 0 aliphatic carbocycles. The third-order valence-electron chi connectivity index (χ3n) is 2.94. The van der Waals surface area contributed by atoms with Gasteiger partial charge in [-0.15, -0.1) is 6.58 Å². The van der Waals surface area contributed by atoms with Crippen LogP contribution in [0.2, 0.25) is 0 Å². The predicted molar refractivity (Wildman–Crippen MR) is 80.6 cm³/mol. The van der Waals surface area contributed by atoms with Crippen molar-refractivity contribution in [3.05, 3.63) is 54.1 Å². The summed E-state index contributed by atoms with van der Waals surface area (Å²) in [6.45, 7) is 4.20. The molecule has 0 aliphatic heterocycles. The number of halogens is 1. The van der Waals surface area contributed by atoms with Crippen molar-refractivity contribution in [2.24, 2.45) is 4.99 Å². The fourth-order valence-electron chi connectivity index (χ4n) is 2.03. The molecule has 112 valence electrons. The molecule has 0 fully saturated rings. The minimum Gasteiger partial charge on any atom is -0.313 e. The standard InChI is InChI=1S/C14H12FN5OS/c1-2-5-20-11-4-3-10(15)6-12(11)22-14(20)18-13(21)7-19-9-16-8-17-19/h2-4,6,8-9H,1,5,7H2. The maximum atomic E-state index is 13.3. The summed E-state index contributed by atoms with van der Waals surface area (Å²) >= 11 is 1.26. The van der Waals surface area contributed by atoms with Gasteiger partial charge in [0.1, 0.15) is 25.0 Å². The summed E-state index contributed by atoms with van der Waals surface area (Å²) in [6, 6.07) is 4.49. The van der Waals surface area contributed by atoms with E-state index in [1.165, 1.54) is 40.8 Å². The first kappa shape index (κ1) is 14.3. The number of thiazole rings is 1. The fraction of sp³-hybridized carbons (Fsp3) is 0.143. The van der Waals surface area contributed by atoms with Gasteiger partial charge in [0.05, 0.1) is 10.2 Å². The second kappa shape index (κ2) is 6.02. The van der Waals surface area contributed by atoms with E-state index >= 15 is 0 Å². The van der Waals surface area contributed by atoms with E-state index in [4.69, 9.17) is 0 Å². The quantitative estimate of drug-likeness (QED) is 0.689. The number of aromatic nitrogens is 4. The summed E-state index contributed by atoms with van der Waals surface area (Å²) in [5, 5.41) is 3.87. The molecule has 0 saturated heterocycles. The van der Waals surface area contributed by atoms with Gasteiger partial charge in [0.2, 0.25) is 0 Å². The summed E-state index contributed by atoms with van der Waals surface area (Å²) in [6.07, 6.45) is 4.51. The Labute approximate surface area is 128 Å². The van der Waals surface area contributed by atoms with Gasteiger partial charge in [-0.2, -0.15) is 10.1 Å². The molecule has 6 nitrogen and oxygen atoms in total. The minimum atomic E-state index is -0.352. The highest BCUT2D eigenvalue weighted by Crippen LogP contribution is 2.18. The third-order valence-corrected chi connectivity index (χ3v) is 3.98. The van der Waals surface area contributed by atoms with Crippen molar-refractivity contribution in [1.82, 2.24) is 19.3 Å². The zero-order chi connectivity index (χ0) is 15.5. The van der Waals surface area contributed by atoms with E-state index in [2.05, 4.69) is 21.7 Å². The molecule has 0 spiro atoms. The molecule has 3 aromatic rings. The number of rotatable bonds is 4. The average Bonchev–Trinajstić information content (AvgIpc) is 3.08. The molecule has 0 saturated carbocycles. The van der Waals surface area contributed by atoms with E-state index in [-0.39, 0.29) is 18.3 Å². The number of hydrogen-bond acceptors (Lipinski definition) is 4. The van der Waals surface area contributed by atoms with Gasteiger partial charge in [0, 0.05) is 6.54 Å². The summed E-state index contributed by atoms with van der Waals surface area (Å²) in [7, 11) is 0. The van der Waals surface area contributed by atoms with Crippen molar-refractivity contribution < 1.29 is 9.18 Å². The van der Waals surface area contributed by atoms with E-state index in [0.717, 1.165) is 10.2 Å². The monoisotopic (exact) mass is 317 g/mol. The topological polar surface area (TPSA) is 65.1 Å². The molecule has 0 atom stereocenters. The van der Waals surface area contributed by atoms with Crippen molar-refractivity contribution in [3.8, 4) is 0 Å². The highest BCUT2D eigenvalue weighted by molar-refractivity contribution is 7.16. The summed E-state index contributed by atoms with van der Waals surface area (Å²) in [4.78, 5) is 20.4. The van der Waals surface area contributed by atoms with Crippen molar-refractivity contribution in [2.45, 2.75) is 13.1 Å². The minimum absolute atomic E-state index is 0.0106. The van der Waals surface area contributed by atoms with Crippen LogP contribution in [0, 0.1) is 5.82 Å². The molecule has 22 heavy (non-hydrogen) atoms. The second-order valence-corrected chi connectivity index (χ2v) is 5.50. The van der Waals surface area contributed by atoms with E-state index < -0.39 is 0 Å². The van der Waals surface area contributed by atoms with Crippen LogP contribution in [0.3, 0.4) is 0 Å². The van der Waals surface area contributed by atoms with Crippen LogP contribution in [0.5, 0.6) is 0 Å². The number of allylic oxidation sites excluding steroid dienone is 1. The Morgan fingerprint density at radius 2 is 2.36 bits per heavy atom. The Bertz CT molecular complexity index is 894. The van der Waals surface area contributed by atoms with Gasteiger partial charge in [-0.25, -0.2) is 14.1 Å². The molecule has 0 aliphatic rings. The van der Waals surface area contributed by atoms with Gasteiger partial charge in [0.25, 0.3) is 5.91 Å². The van der Waals surface area contributed by atoms with Crippen LogP contribution in [0.1, 0.15) is 0 Å². The molecule has 0 N–H and O–H groups in total. The Morgan fingerprint density at radius 3 is 3.09 bits per heavy atom. The Balaban J connectivity index is 2.04. The van der Waals surface area contributed by atoms with Crippen LogP contribution >= 0.6 is 11.3 Å². The SMILES string of the molecule is C=CCn1c(=NC(=O)Cn2cncn2)sc2cc(F)ccc21. The van der Waals surface area contributed by atoms with Crippen LogP contribution in [-0.2, 0) is 17.9 Å². The molecule has 0 unspecified atom stereocenters. The van der Waals surface area contributed by atoms with Crippen molar-refractivity contribution in [2.75, 3.05) is 0 Å². The summed E-state index contributed by atoms with van der Waals surface area (Å²) in [5.74, 6) is -0.671. The predicted octanol–water partition coefficient (Wildman–Crippen LogP) is 1.75. The van der Waals surface area contributed by atoms with Crippen LogP contribution in [0.25, 0.3) is 10.2 Å². The van der Waals surface area contributed by atoms with Gasteiger partial charge < -0.3 is 4.57 Å². The maximum absolute atomic E-state index is 13.3. The first-order valence-electron chi connectivity index (χ1n) is 6.47. The van der Waals surface area contributed by atoms with E-state index in [9.17, 15) is 9.18 Å². The molecule has 0 radical (unpaired) electrons. The Hall–Kier alpha value is -2.61. The zero-order valence-electron chi connectivity index (χ0n) is 11.5. The molecule has 8 heteroatoms. The zero-order valence-corrected chi connectivity index (χ0v) is 12.3. The fourth-order valence-corrected chi connectivity index (χ4v) is 3.11. The lowest BCUT2D eigenvalue weighted by Crippen LogP contribution is -2.18. The molecular weight excluding hydrogens is 305 g/mol. The average molecular weight is 317 g/mol. The highest BCUT2D eigenvalue weighted by Gasteiger charge is 2.08. The van der Waals surface area contributed by atoms with Gasteiger partial charge in [-0.05, 0) is 18.2 Å². The van der Waals surface area contributed by atoms with Gasteiger partial charge in [-0.3, -0.25) is 4.79 Å². The van der Waals surface area contributed by atoms with Gasteiger partial charge in [-0.1, -0.05) is 17.4 Å². The Morgan fingerprint density at radius 1 is 1.50 bits per heavy atom. The number of benzene rings is 1. The first-order chi connectivity index (χ1) is 10.7. The van der Waals surface area contributed by atoms with Gasteiger partial charge >= 0.3 is 0 Å². The van der Waals surface area contributed by atoms with Crippen LogP contribution in [0.15, 0.2) is 48.5 Å². The van der Waals surface area contributed by atoms with Crippen molar-refractivity contribution >= 4 is 27.5 Å². The molecule has 1 amide bonds. The number of carbonyl (C=O) groups is 1. The highest BCUT2D eigenvalue weighted by atomic mass is 32.1. The molecule has 3 rings (SSSR count). The number of hydrogen-bond donors (Lipinski definition) is 0.